The molecule has 112 valence electrons. The summed E-state index contributed by atoms with van der Waals surface area (Å²) >= 11 is 3.32. The van der Waals surface area contributed by atoms with Gasteiger partial charge in [0.05, 0.1) is 18.7 Å². The Hall–Kier alpha value is -1.72. The lowest BCUT2D eigenvalue weighted by Crippen LogP contribution is -2.12. The number of phenolic OH excluding ortho intramolecular Hbond substituents is 1. The second-order valence-electron chi connectivity index (χ2n) is 4.58. The number of ether oxygens (including phenoxy) is 2. The summed E-state index contributed by atoms with van der Waals surface area (Å²) in [7, 11) is 3.19. The second-order valence-corrected chi connectivity index (χ2v) is 5.43. The Morgan fingerprint density at radius 3 is 2.29 bits per heavy atom. The standard InChI is InChI=1S/C16H18BrNO3/c1-20-13-5-3-11(4-6-13)9-18-10-12-7-14(17)16(19)15(8-12)21-2/h3-8,18-19H,9-10H2,1-2H3. The number of benzene rings is 2. The molecule has 0 aromatic heterocycles. The highest BCUT2D eigenvalue weighted by molar-refractivity contribution is 9.10. The first-order chi connectivity index (χ1) is 10.1. The first-order valence-corrected chi connectivity index (χ1v) is 7.32. The van der Waals surface area contributed by atoms with Gasteiger partial charge in [-0.05, 0) is 51.3 Å². The predicted molar refractivity (Wildman–Crippen MR) is 85.9 cm³/mol. The fraction of sp³-hybridized carbons (Fsp3) is 0.250. The van der Waals surface area contributed by atoms with Gasteiger partial charge >= 0.3 is 0 Å². The minimum atomic E-state index is 0.122. The summed E-state index contributed by atoms with van der Waals surface area (Å²) < 4.78 is 10.9. The van der Waals surface area contributed by atoms with Gasteiger partial charge in [-0.15, -0.1) is 0 Å². The fourth-order valence-corrected chi connectivity index (χ4v) is 2.47. The number of phenols is 1. The van der Waals surface area contributed by atoms with Crippen molar-refractivity contribution in [3.63, 3.8) is 0 Å². The molecular formula is C16H18BrNO3. The maximum absolute atomic E-state index is 9.77. The number of halogens is 1. The smallest absolute Gasteiger partial charge is 0.172 e. The first kappa shape index (κ1) is 15.7. The number of rotatable bonds is 6. The molecule has 0 atom stereocenters. The Bertz CT molecular complexity index is 599. The summed E-state index contributed by atoms with van der Waals surface area (Å²) in [5.74, 6) is 1.44. The molecule has 21 heavy (non-hydrogen) atoms. The maximum Gasteiger partial charge on any atom is 0.172 e. The third-order valence-corrected chi connectivity index (χ3v) is 3.73. The number of methoxy groups -OCH3 is 2. The van der Waals surface area contributed by atoms with Gasteiger partial charge in [-0.1, -0.05) is 12.1 Å². The maximum atomic E-state index is 9.77. The van der Waals surface area contributed by atoms with Gasteiger partial charge in [0.25, 0.3) is 0 Å². The quantitative estimate of drug-likeness (QED) is 0.836. The van der Waals surface area contributed by atoms with E-state index in [2.05, 4.69) is 21.2 Å². The van der Waals surface area contributed by atoms with Crippen LogP contribution in [0.25, 0.3) is 0 Å². The summed E-state index contributed by atoms with van der Waals surface area (Å²) in [5, 5.41) is 13.1. The van der Waals surface area contributed by atoms with Crippen LogP contribution in [0.3, 0.4) is 0 Å². The molecule has 2 aromatic rings. The Balaban J connectivity index is 1.95. The van der Waals surface area contributed by atoms with Crippen molar-refractivity contribution in [3.05, 3.63) is 52.0 Å². The molecule has 0 aliphatic rings. The average molecular weight is 352 g/mol. The van der Waals surface area contributed by atoms with Crippen LogP contribution in [0.1, 0.15) is 11.1 Å². The lowest BCUT2D eigenvalue weighted by molar-refractivity contribution is 0.371. The van der Waals surface area contributed by atoms with E-state index >= 15 is 0 Å². The molecule has 2 N–H and O–H groups in total. The Morgan fingerprint density at radius 2 is 1.67 bits per heavy atom. The van der Waals surface area contributed by atoms with Crippen LogP contribution in [-0.2, 0) is 13.1 Å². The van der Waals surface area contributed by atoms with Crippen LogP contribution in [0, 0.1) is 0 Å². The highest BCUT2D eigenvalue weighted by Crippen LogP contribution is 2.35. The van der Waals surface area contributed by atoms with Gasteiger partial charge in [-0.25, -0.2) is 0 Å². The fourth-order valence-electron chi connectivity index (χ4n) is 1.98. The molecule has 0 saturated heterocycles. The summed E-state index contributed by atoms with van der Waals surface area (Å²) in [6, 6.07) is 11.6. The molecule has 0 aliphatic heterocycles. The van der Waals surface area contributed by atoms with E-state index in [-0.39, 0.29) is 5.75 Å². The molecule has 0 amide bonds. The highest BCUT2D eigenvalue weighted by atomic mass is 79.9. The number of nitrogens with one attached hydrogen (secondary N) is 1. The van der Waals surface area contributed by atoms with E-state index in [9.17, 15) is 5.11 Å². The highest BCUT2D eigenvalue weighted by Gasteiger charge is 2.08. The van der Waals surface area contributed by atoms with E-state index < -0.39 is 0 Å². The molecule has 4 nitrogen and oxygen atoms in total. The van der Waals surface area contributed by atoms with Gasteiger partial charge in [0, 0.05) is 13.1 Å². The van der Waals surface area contributed by atoms with Gasteiger partial charge in [-0.3, -0.25) is 0 Å². The minimum Gasteiger partial charge on any atom is -0.503 e. The largest absolute Gasteiger partial charge is 0.503 e. The first-order valence-electron chi connectivity index (χ1n) is 6.53. The van der Waals surface area contributed by atoms with Crippen LogP contribution < -0.4 is 14.8 Å². The molecule has 0 radical (unpaired) electrons. The van der Waals surface area contributed by atoms with Crippen molar-refractivity contribution in [1.82, 2.24) is 5.32 Å². The monoisotopic (exact) mass is 351 g/mol. The predicted octanol–water partition coefficient (Wildman–Crippen LogP) is 3.46. The van der Waals surface area contributed by atoms with Crippen LogP contribution in [0.2, 0.25) is 0 Å². The molecule has 0 aliphatic carbocycles. The van der Waals surface area contributed by atoms with Crippen molar-refractivity contribution in [3.8, 4) is 17.2 Å². The van der Waals surface area contributed by atoms with E-state index in [4.69, 9.17) is 9.47 Å². The number of hydrogen-bond acceptors (Lipinski definition) is 4. The molecular weight excluding hydrogens is 334 g/mol. The molecule has 2 rings (SSSR count). The van der Waals surface area contributed by atoms with Gasteiger partial charge < -0.3 is 19.9 Å². The van der Waals surface area contributed by atoms with E-state index in [1.807, 2.05) is 36.4 Å². The lowest BCUT2D eigenvalue weighted by atomic mass is 10.2. The van der Waals surface area contributed by atoms with Crippen molar-refractivity contribution < 1.29 is 14.6 Å². The summed E-state index contributed by atoms with van der Waals surface area (Å²) in [4.78, 5) is 0. The summed E-state index contributed by atoms with van der Waals surface area (Å²) in [6.45, 7) is 1.44. The Labute approximate surface area is 132 Å². The van der Waals surface area contributed by atoms with Gasteiger partial charge in [0.15, 0.2) is 11.5 Å². The van der Waals surface area contributed by atoms with Crippen molar-refractivity contribution in [2.45, 2.75) is 13.1 Å². The van der Waals surface area contributed by atoms with Crippen LogP contribution in [0.15, 0.2) is 40.9 Å². The molecule has 5 heteroatoms. The zero-order valence-electron chi connectivity index (χ0n) is 12.0. The average Bonchev–Trinajstić information content (AvgIpc) is 2.51. The summed E-state index contributed by atoms with van der Waals surface area (Å²) in [5.41, 5.74) is 2.21. The van der Waals surface area contributed by atoms with Crippen LogP contribution in [0.4, 0.5) is 0 Å². The Morgan fingerprint density at radius 1 is 1.00 bits per heavy atom. The SMILES string of the molecule is COc1ccc(CNCc2cc(Br)c(O)c(OC)c2)cc1. The van der Waals surface area contributed by atoms with Crippen LogP contribution in [-0.4, -0.2) is 19.3 Å². The third-order valence-electron chi connectivity index (χ3n) is 3.13. The zero-order chi connectivity index (χ0) is 15.2. The number of aromatic hydroxyl groups is 1. The Kier molecular flexibility index (Phi) is 5.47. The minimum absolute atomic E-state index is 0.122. The van der Waals surface area contributed by atoms with Crippen LogP contribution >= 0.6 is 15.9 Å². The van der Waals surface area contributed by atoms with E-state index in [1.54, 1.807) is 7.11 Å². The van der Waals surface area contributed by atoms with Crippen molar-refractivity contribution in [2.24, 2.45) is 0 Å². The van der Waals surface area contributed by atoms with Crippen molar-refractivity contribution in [2.75, 3.05) is 14.2 Å². The molecule has 0 unspecified atom stereocenters. The van der Waals surface area contributed by atoms with Crippen molar-refractivity contribution in [1.29, 1.82) is 0 Å². The topological polar surface area (TPSA) is 50.7 Å². The van der Waals surface area contributed by atoms with E-state index in [0.29, 0.717) is 16.8 Å². The van der Waals surface area contributed by atoms with Crippen LogP contribution in [0.5, 0.6) is 17.2 Å². The molecule has 0 spiro atoms. The number of hydrogen-bond donors (Lipinski definition) is 2. The van der Waals surface area contributed by atoms with Crippen molar-refractivity contribution >= 4 is 15.9 Å². The normalized spacial score (nSPS) is 10.4. The third kappa shape index (κ3) is 4.12. The lowest BCUT2D eigenvalue weighted by Gasteiger charge is -2.10. The van der Waals surface area contributed by atoms with Gasteiger partial charge in [0.1, 0.15) is 5.75 Å². The van der Waals surface area contributed by atoms with Gasteiger partial charge in [0.2, 0.25) is 0 Å². The molecule has 0 saturated carbocycles. The molecule has 2 aromatic carbocycles. The van der Waals surface area contributed by atoms with E-state index in [0.717, 1.165) is 17.9 Å². The zero-order valence-corrected chi connectivity index (χ0v) is 13.6. The van der Waals surface area contributed by atoms with E-state index in [1.165, 1.54) is 12.7 Å². The van der Waals surface area contributed by atoms with Gasteiger partial charge in [-0.2, -0.15) is 0 Å². The summed E-state index contributed by atoms with van der Waals surface area (Å²) in [6.07, 6.45) is 0. The molecule has 0 fully saturated rings. The molecule has 0 heterocycles. The second kappa shape index (κ2) is 7.33. The molecule has 0 bridgehead atoms.